The number of carbonyl (C=O) groups is 1. The molecule has 0 aliphatic carbocycles. The summed E-state index contributed by atoms with van der Waals surface area (Å²) < 4.78 is 5.56. The van der Waals surface area contributed by atoms with Gasteiger partial charge in [-0.3, -0.25) is 15.1 Å². The average Bonchev–Trinajstić information content (AvgIpc) is 2.90. The van der Waals surface area contributed by atoms with Gasteiger partial charge >= 0.3 is 0 Å². The molecular weight excluding hydrogens is 341 g/mol. The zero-order valence-corrected chi connectivity index (χ0v) is 14.1. The lowest BCUT2D eigenvalue weighted by Crippen LogP contribution is -2.38. The highest BCUT2D eigenvalue weighted by molar-refractivity contribution is 6.35. The minimum atomic E-state index is -0.412. The molecule has 0 aliphatic heterocycles. The molecule has 0 fully saturated rings. The van der Waals surface area contributed by atoms with E-state index in [2.05, 4.69) is 4.98 Å². The van der Waals surface area contributed by atoms with E-state index in [9.17, 15) is 4.79 Å². The molecule has 0 saturated carbocycles. The number of rotatable bonds is 5. The van der Waals surface area contributed by atoms with Gasteiger partial charge in [-0.1, -0.05) is 11.6 Å². The van der Waals surface area contributed by atoms with Gasteiger partial charge in [-0.25, -0.2) is 0 Å². The van der Waals surface area contributed by atoms with Gasteiger partial charge in [-0.05, 0) is 25.1 Å². The molecule has 0 bridgehead atoms. The summed E-state index contributed by atoms with van der Waals surface area (Å²) in [6, 6.07) is 5.09. The Morgan fingerprint density at radius 1 is 1.43 bits per heavy atom. The zero-order chi connectivity index (χ0) is 16.3. The highest BCUT2D eigenvalue weighted by Gasteiger charge is 2.17. The number of halogens is 2. The fourth-order valence-electron chi connectivity index (χ4n) is 1.93. The second kappa shape index (κ2) is 8.05. The number of amides is 1. The smallest absolute Gasteiger partial charge is 0.276 e. The highest BCUT2D eigenvalue weighted by atomic mass is 35.5. The van der Waals surface area contributed by atoms with Gasteiger partial charge in [-0.15, -0.1) is 12.4 Å². The number of ether oxygens (including phenoxy) is 1. The Morgan fingerprint density at radius 3 is 2.74 bits per heavy atom. The van der Waals surface area contributed by atoms with Crippen molar-refractivity contribution in [1.29, 1.82) is 5.41 Å². The van der Waals surface area contributed by atoms with Crippen molar-refractivity contribution >= 4 is 46.8 Å². The van der Waals surface area contributed by atoms with Gasteiger partial charge in [0.25, 0.3) is 5.91 Å². The molecule has 6 N–H and O–H groups in total. The molecular formula is C14H19Cl2N5O2. The second-order valence-corrected chi connectivity index (χ2v) is 5.20. The third kappa shape index (κ3) is 4.28. The minimum Gasteiger partial charge on any atom is -0.493 e. The van der Waals surface area contributed by atoms with E-state index in [0.29, 0.717) is 40.5 Å². The van der Waals surface area contributed by atoms with Crippen LogP contribution < -0.4 is 16.2 Å². The first kappa shape index (κ1) is 19.1. The molecule has 2 aromatic rings. The Hall–Kier alpha value is -1.96. The zero-order valence-electron chi connectivity index (χ0n) is 12.6. The van der Waals surface area contributed by atoms with E-state index in [4.69, 9.17) is 33.2 Å². The van der Waals surface area contributed by atoms with Crippen LogP contribution in [0.4, 0.5) is 0 Å². The predicted molar refractivity (Wildman–Crippen MR) is 93.7 cm³/mol. The van der Waals surface area contributed by atoms with Crippen LogP contribution in [0, 0.1) is 5.41 Å². The van der Waals surface area contributed by atoms with Crippen molar-refractivity contribution in [3.8, 4) is 5.75 Å². The minimum absolute atomic E-state index is 0. The van der Waals surface area contributed by atoms with Crippen LogP contribution in [0.25, 0.3) is 10.9 Å². The van der Waals surface area contributed by atoms with E-state index in [1.807, 2.05) is 0 Å². The van der Waals surface area contributed by atoms with Crippen LogP contribution in [0.1, 0.15) is 16.9 Å². The van der Waals surface area contributed by atoms with Crippen LogP contribution in [0.5, 0.6) is 5.75 Å². The summed E-state index contributed by atoms with van der Waals surface area (Å²) in [5, 5.41) is 8.47. The van der Waals surface area contributed by atoms with Gasteiger partial charge in [-0.2, -0.15) is 0 Å². The summed E-state index contributed by atoms with van der Waals surface area (Å²) >= 11 is 6.22. The molecule has 1 heterocycles. The number of guanidine groups is 1. The summed E-state index contributed by atoms with van der Waals surface area (Å²) in [7, 11) is 1.43. The van der Waals surface area contributed by atoms with Crippen molar-refractivity contribution in [2.75, 3.05) is 20.2 Å². The number of hydrogen-bond donors (Lipinski definition) is 4. The number of aromatic amines is 1. The molecule has 0 atom stereocenters. The number of fused-ring (bicyclic) bond motifs is 1. The van der Waals surface area contributed by atoms with Crippen molar-refractivity contribution in [2.24, 2.45) is 11.5 Å². The van der Waals surface area contributed by atoms with Crippen molar-refractivity contribution in [1.82, 2.24) is 9.88 Å². The van der Waals surface area contributed by atoms with Crippen molar-refractivity contribution in [2.45, 2.75) is 6.42 Å². The summed E-state index contributed by atoms with van der Waals surface area (Å²) in [5.41, 5.74) is 11.7. The normalized spacial score (nSPS) is 10.2. The molecule has 0 saturated heterocycles. The summed E-state index contributed by atoms with van der Waals surface area (Å²) in [6.45, 7) is 1.05. The Bertz CT molecular complexity index is 717. The lowest BCUT2D eigenvalue weighted by molar-refractivity contribution is 0.0864. The Labute approximate surface area is 144 Å². The first-order chi connectivity index (χ1) is 10.4. The second-order valence-electron chi connectivity index (χ2n) is 4.79. The maximum absolute atomic E-state index is 12.1. The van der Waals surface area contributed by atoms with Gasteiger partial charge in [0.1, 0.15) is 11.4 Å². The topological polar surface area (TPSA) is 121 Å². The quantitative estimate of drug-likeness (QED) is 0.370. The third-order valence-electron chi connectivity index (χ3n) is 3.17. The van der Waals surface area contributed by atoms with Gasteiger partial charge < -0.3 is 21.2 Å². The lowest BCUT2D eigenvalue weighted by atomic mass is 10.2. The molecule has 126 valence electrons. The van der Waals surface area contributed by atoms with Crippen molar-refractivity contribution in [3.63, 3.8) is 0 Å². The molecule has 23 heavy (non-hydrogen) atoms. The van der Waals surface area contributed by atoms with Gasteiger partial charge in [0, 0.05) is 18.5 Å². The number of nitrogens with two attached hydrogens (primary N) is 2. The fraction of sp³-hybridized carbons (Fsp3) is 0.286. The number of nitrogens with one attached hydrogen (secondary N) is 2. The highest BCUT2D eigenvalue weighted by Crippen LogP contribution is 2.30. The third-order valence-corrected chi connectivity index (χ3v) is 3.49. The SMILES string of the molecule is CN(C(=N)N)C(=O)c1cc2c(Cl)cc(OCCCN)cc2[nH]1.Cl. The van der Waals surface area contributed by atoms with E-state index in [1.54, 1.807) is 18.2 Å². The van der Waals surface area contributed by atoms with E-state index in [0.717, 1.165) is 11.3 Å². The van der Waals surface area contributed by atoms with Gasteiger partial charge in [0.05, 0.1) is 17.1 Å². The summed E-state index contributed by atoms with van der Waals surface area (Å²) in [5.74, 6) is -0.141. The number of H-pyrrole nitrogens is 1. The van der Waals surface area contributed by atoms with E-state index in [1.165, 1.54) is 7.05 Å². The molecule has 1 aromatic carbocycles. The van der Waals surface area contributed by atoms with Crippen LogP contribution in [0.2, 0.25) is 5.02 Å². The maximum Gasteiger partial charge on any atom is 0.276 e. The summed E-state index contributed by atoms with van der Waals surface area (Å²) in [4.78, 5) is 16.2. The number of hydrogen-bond acceptors (Lipinski definition) is 4. The number of carbonyl (C=O) groups excluding carboxylic acids is 1. The van der Waals surface area contributed by atoms with Crippen LogP contribution >= 0.6 is 24.0 Å². The number of benzene rings is 1. The fourth-order valence-corrected chi connectivity index (χ4v) is 2.19. The summed E-state index contributed by atoms with van der Waals surface area (Å²) in [6.07, 6.45) is 0.744. The maximum atomic E-state index is 12.1. The van der Waals surface area contributed by atoms with E-state index in [-0.39, 0.29) is 18.4 Å². The monoisotopic (exact) mass is 359 g/mol. The van der Waals surface area contributed by atoms with Crippen molar-refractivity contribution in [3.05, 3.63) is 28.9 Å². The molecule has 0 spiro atoms. The Morgan fingerprint density at radius 2 is 2.13 bits per heavy atom. The first-order valence-electron chi connectivity index (χ1n) is 6.71. The lowest BCUT2D eigenvalue weighted by Gasteiger charge is -2.12. The molecule has 0 radical (unpaired) electrons. The average molecular weight is 360 g/mol. The Kier molecular flexibility index (Phi) is 6.68. The largest absolute Gasteiger partial charge is 0.493 e. The molecule has 0 aliphatic rings. The molecule has 7 nitrogen and oxygen atoms in total. The molecule has 1 aromatic heterocycles. The number of aromatic nitrogens is 1. The van der Waals surface area contributed by atoms with E-state index < -0.39 is 5.91 Å². The van der Waals surface area contributed by atoms with Crippen molar-refractivity contribution < 1.29 is 9.53 Å². The molecule has 1 amide bonds. The van der Waals surface area contributed by atoms with Crippen LogP contribution in [-0.4, -0.2) is 41.9 Å². The Balaban J connectivity index is 0.00000264. The van der Waals surface area contributed by atoms with Gasteiger partial charge in [0.2, 0.25) is 0 Å². The first-order valence-corrected chi connectivity index (χ1v) is 7.09. The number of nitrogens with zero attached hydrogens (tertiary/aromatic N) is 1. The molecule has 9 heteroatoms. The van der Waals surface area contributed by atoms with Gasteiger partial charge in [0.15, 0.2) is 5.96 Å². The molecule has 2 rings (SSSR count). The predicted octanol–water partition coefficient (Wildman–Crippen LogP) is 1.94. The van der Waals surface area contributed by atoms with E-state index >= 15 is 0 Å². The van der Waals surface area contributed by atoms with Crippen LogP contribution in [0.3, 0.4) is 0 Å². The molecule has 0 unspecified atom stereocenters. The van der Waals surface area contributed by atoms with Crippen LogP contribution in [0.15, 0.2) is 18.2 Å². The standard InChI is InChI=1S/C14H18ClN5O2.ClH/c1-20(14(17)18)13(21)12-7-9-10(15)5-8(6-11(9)19-12)22-4-2-3-16;/h5-7,19H,2-4,16H2,1H3,(H3,17,18);1H. The van der Waals surface area contributed by atoms with Crippen LogP contribution in [-0.2, 0) is 0 Å².